The minimum atomic E-state index is -0.675. The number of anilines is 1. The SMILES string of the molecule is Cc1ccc(C(=O)COC(=O)c2cccc(N3C(=O)[C@H]4[C@H]5C[C@@H]([C@@H]4C3=O)[C@@H](c3ccccc3)C5)c2)cc1. The maximum Gasteiger partial charge on any atom is 0.338 e. The van der Waals surface area contributed by atoms with Gasteiger partial charge < -0.3 is 4.74 Å². The Kier molecular flexibility index (Phi) is 5.75. The molecule has 37 heavy (non-hydrogen) atoms. The van der Waals surface area contributed by atoms with Crippen molar-refractivity contribution in [1.82, 2.24) is 0 Å². The number of amides is 2. The van der Waals surface area contributed by atoms with Crippen molar-refractivity contribution in [3.8, 4) is 0 Å². The van der Waals surface area contributed by atoms with Gasteiger partial charge in [-0.05, 0) is 61.3 Å². The number of hydrogen-bond acceptors (Lipinski definition) is 5. The molecule has 3 aromatic carbocycles. The monoisotopic (exact) mass is 493 g/mol. The average Bonchev–Trinajstić information content (AvgIpc) is 3.59. The van der Waals surface area contributed by atoms with Crippen molar-refractivity contribution in [2.45, 2.75) is 25.7 Å². The quantitative estimate of drug-likeness (QED) is 0.275. The summed E-state index contributed by atoms with van der Waals surface area (Å²) in [6.07, 6.45) is 1.83. The first-order valence-electron chi connectivity index (χ1n) is 12.7. The zero-order valence-corrected chi connectivity index (χ0v) is 20.5. The smallest absolute Gasteiger partial charge is 0.338 e. The number of imide groups is 1. The molecule has 6 rings (SSSR count). The Morgan fingerprint density at radius 1 is 0.838 bits per heavy atom. The topological polar surface area (TPSA) is 80.8 Å². The number of benzene rings is 3. The van der Waals surface area contributed by atoms with Gasteiger partial charge in [0.25, 0.3) is 0 Å². The van der Waals surface area contributed by atoms with Gasteiger partial charge in [0.15, 0.2) is 12.4 Å². The van der Waals surface area contributed by atoms with Crippen molar-refractivity contribution in [1.29, 1.82) is 0 Å². The molecule has 5 atom stereocenters. The predicted octanol–water partition coefficient (Wildman–Crippen LogP) is 4.96. The maximum absolute atomic E-state index is 13.6. The lowest BCUT2D eigenvalue weighted by molar-refractivity contribution is -0.123. The molecule has 0 aromatic heterocycles. The third-order valence-corrected chi connectivity index (χ3v) is 8.29. The molecule has 1 heterocycles. The molecule has 2 amide bonds. The molecule has 3 aromatic rings. The molecule has 1 aliphatic heterocycles. The van der Waals surface area contributed by atoms with E-state index in [1.807, 2.05) is 37.3 Å². The van der Waals surface area contributed by atoms with Gasteiger partial charge in [0.1, 0.15) is 0 Å². The number of esters is 1. The second-order valence-corrected chi connectivity index (χ2v) is 10.4. The summed E-state index contributed by atoms with van der Waals surface area (Å²) < 4.78 is 5.25. The number of nitrogens with zero attached hydrogens (tertiary/aromatic N) is 1. The third-order valence-electron chi connectivity index (χ3n) is 8.29. The number of aryl methyl sites for hydroxylation is 1. The number of rotatable bonds is 6. The summed E-state index contributed by atoms with van der Waals surface area (Å²) in [5.41, 5.74) is 3.30. The average molecular weight is 494 g/mol. The van der Waals surface area contributed by atoms with Gasteiger partial charge in [-0.15, -0.1) is 0 Å². The molecule has 2 bridgehead atoms. The highest BCUT2D eigenvalue weighted by Crippen LogP contribution is 2.61. The van der Waals surface area contributed by atoms with Gasteiger partial charge in [-0.2, -0.15) is 0 Å². The van der Waals surface area contributed by atoms with E-state index < -0.39 is 5.97 Å². The van der Waals surface area contributed by atoms with E-state index in [2.05, 4.69) is 12.1 Å². The van der Waals surface area contributed by atoms with Crippen molar-refractivity contribution >= 4 is 29.3 Å². The fourth-order valence-corrected chi connectivity index (χ4v) is 6.61. The summed E-state index contributed by atoms with van der Waals surface area (Å²) in [6.45, 7) is 1.54. The normalized spacial score (nSPS) is 25.9. The van der Waals surface area contributed by atoms with Gasteiger partial charge >= 0.3 is 5.97 Å². The van der Waals surface area contributed by atoms with Gasteiger partial charge in [-0.1, -0.05) is 66.2 Å². The van der Waals surface area contributed by atoms with E-state index in [0.717, 1.165) is 18.4 Å². The third kappa shape index (κ3) is 3.97. The van der Waals surface area contributed by atoms with E-state index >= 15 is 0 Å². The molecule has 3 aliphatic rings. The Hall–Kier alpha value is -4.06. The van der Waals surface area contributed by atoms with Gasteiger partial charge in [0.2, 0.25) is 11.8 Å². The number of carbonyl (C=O) groups is 4. The zero-order chi connectivity index (χ0) is 25.7. The second kappa shape index (κ2) is 9.11. The Bertz CT molecular complexity index is 1400. The zero-order valence-electron chi connectivity index (χ0n) is 20.5. The molecule has 0 N–H and O–H groups in total. The lowest BCUT2D eigenvalue weighted by Crippen LogP contribution is -2.33. The molecule has 0 spiro atoms. The molecule has 1 saturated heterocycles. The highest BCUT2D eigenvalue weighted by atomic mass is 16.5. The standard InChI is InChI=1S/C31H27NO5/c1-18-10-12-20(13-11-18)26(33)17-37-31(36)21-8-5-9-23(14-21)32-29(34)27-22-15-24(19-6-3-2-4-7-19)25(16-22)28(27)30(32)35/h2-14,22,24-25,27-28H,15-17H2,1H3/t22-,24-,25-,27+,28+/m1/s1. The Morgan fingerprint density at radius 3 is 2.32 bits per heavy atom. The van der Waals surface area contributed by atoms with E-state index in [1.54, 1.807) is 30.3 Å². The predicted molar refractivity (Wildman–Crippen MR) is 137 cm³/mol. The van der Waals surface area contributed by atoms with Crippen LogP contribution >= 0.6 is 0 Å². The van der Waals surface area contributed by atoms with Crippen LogP contribution < -0.4 is 4.90 Å². The summed E-state index contributed by atoms with van der Waals surface area (Å²) in [5.74, 6) is -1.30. The highest BCUT2D eigenvalue weighted by molar-refractivity contribution is 6.23. The summed E-state index contributed by atoms with van der Waals surface area (Å²) in [5, 5.41) is 0. The van der Waals surface area contributed by atoms with Crippen LogP contribution in [0.3, 0.4) is 0 Å². The van der Waals surface area contributed by atoms with Crippen molar-refractivity contribution in [3.63, 3.8) is 0 Å². The molecule has 6 nitrogen and oxygen atoms in total. The van der Waals surface area contributed by atoms with Crippen molar-refractivity contribution in [2.75, 3.05) is 11.5 Å². The van der Waals surface area contributed by atoms with Crippen molar-refractivity contribution < 1.29 is 23.9 Å². The summed E-state index contributed by atoms with van der Waals surface area (Å²) >= 11 is 0. The van der Waals surface area contributed by atoms with Crippen LogP contribution in [0.2, 0.25) is 0 Å². The van der Waals surface area contributed by atoms with E-state index in [9.17, 15) is 19.2 Å². The van der Waals surface area contributed by atoms with E-state index in [-0.39, 0.29) is 59.4 Å². The van der Waals surface area contributed by atoms with Crippen LogP contribution in [0.25, 0.3) is 0 Å². The van der Waals surface area contributed by atoms with Crippen LogP contribution in [0.15, 0.2) is 78.9 Å². The highest BCUT2D eigenvalue weighted by Gasteiger charge is 2.64. The van der Waals surface area contributed by atoms with Crippen LogP contribution in [0.1, 0.15) is 50.6 Å². The fourth-order valence-electron chi connectivity index (χ4n) is 6.61. The maximum atomic E-state index is 13.6. The van der Waals surface area contributed by atoms with Gasteiger partial charge in [-0.3, -0.25) is 19.3 Å². The minimum Gasteiger partial charge on any atom is -0.454 e. The Morgan fingerprint density at radius 2 is 1.57 bits per heavy atom. The number of ether oxygens (including phenoxy) is 1. The van der Waals surface area contributed by atoms with Crippen LogP contribution in [0.5, 0.6) is 0 Å². The van der Waals surface area contributed by atoms with E-state index in [0.29, 0.717) is 11.3 Å². The first-order valence-corrected chi connectivity index (χ1v) is 12.7. The number of Topliss-reactive ketones (excluding diaryl/α,β-unsaturated/α-hetero) is 1. The van der Waals surface area contributed by atoms with Crippen LogP contribution in [0.4, 0.5) is 5.69 Å². The number of hydrogen-bond donors (Lipinski definition) is 0. The van der Waals surface area contributed by atoms with Gasteiger partial charge in [-0.25, -0.2) is 4.79 Å². The molecule has 2 saturated carbocycles. The van der Waals surface area contributed by atoms with Crippen LogP contribution in [0, 0.1) is 30.6 Å². The van der Waals surface area contributed by atoms with Gasteiger partial charge in [0.05, 0.1) is 23.1 Å². The molecule has 3 fully saturated rings. The molecule has 0 unspecified atom stereocenters. The van der Waals surface area contributed by atoms with Crippen LogP contribution in [-0.2, 0) is 14.3 Å². The Balaban J connectivity index is 1.18. The van der Waals surface area contributed by atoms with Crippen molar-refractivity contribution in [2.24, 2.45) is 23.7 Å². The first kappa shape index (κ1) is 23.3. The van der Waals surface area contributed by atoms with Crippen molar-refractivity contribution in [3.05, 3.63) is 101 Å². The molecule has 6 heteroatoms. The van der Waals surface area contributed by atoms with Crippen LogP contribution in [-0.4, -0.2) is 30.2 Å². The first-order chi connectivity index (χ1) is 17.9. The Labute approximate surface area is 215 Å². The molecular formula is C31H27NO5. The largest absolute Gasteiger partial charge is 0.454 e. The lowest BCUT2D eigenvalue weighted by atomic mass is 9.73. The molecular weight excluding hydrogens is 466 g/mol. The summed E-state index contributed by atoms with van der Waals surface area (Å²) in [7, 11) is 0. The summed E-state index contributed by atoms with van der Waals surface area (Å²) in [6, 6.07) is 23.7. The second-order valence-electron chi connectivity index (χ2n) is 10.4. The minimum absolute atomic E-state index is 0.153. The number of fused-ring (bicyclic) bond motifs is 5. The molecule has 0 radical (unpaired) electrons. The molecule has 2 aliphatic carbocycles. The number of ketones is 1. The summed E-state index contributed by atoms with van der Waals surface area (Å²) in [4.78, 5) is 53.4. The van der Waals surface area contributed by atoms with E-state index in [4.69, 9.17) is 4.74 Å². The number of carbonyl (C=O) groups excluding carboxylic acids is 4. The molecule has 186 valence electrons. The fraction of sp³-hybridized carbons (Fsp3) is 0.290. The van der Waals surface area contributed by atoms with Gasteiger partial charge in [0, 0.05) is 5.56 Å². The lowest BCUT2D eigenvalue weighted by Gasteiger charge is -2.28. The van der Waals surface area contributed by atoms with E-state index in [1.165, 1.54) is 16.5 Å².